The molecule has 0 radical (unpaired) electrons. The summed E-state index contributed by atoms with van der Waals surface area (Å²) in [5, 5.41) is 3.68. The van der Waals surface area contributed by atoms with Crippen LogP contribution in [0.1, 0.15) is 114 Å². The highest BCUT2D eigenvalue weighted by Gasteiger charge is 2.42. The summed E-state index contributed by atoms with van der Waals surface area (Å²) in [6, 6.07) is 16.6. The van der Waals surface area contributed by atoms with Crippen molar-refractivity contribution in [3.63, 3.8) is 0 Å². The summed E-state index contributed by atoms with van der Waals surface area (Å²) < 4.78 is 42.7. The number of anilines is 8. The molecule has 0 spiro atoms. The highest BCUT2D eigenvalue weighted by molar-refractivity contribution is 6.35. The normalized spacial score (nSPS) is 17.5. The van der Waals surface area contributed by atoms with Crippen LogP contribution >= 0.6 is 46.4 Å². The lowest BCUT2D eigenvalue weighted by molar-refractivity contribution is 0.0873. The number of hydrogen-bond acceptors (Lipinski definition) is 36. The maximum atomic E-state index is 13.4. The number of nitrogens with two attached hydrogens (primary N) is 4. The maximum Gasteiger partial charge on any atom is 0.223 e. The van der Waals surface area contributed by atoms with E-state index < -0.39 is 0 Å². The molecule has 16 rings (SSSR count). The van der Waals surface area contributed by atoms with Gasteiger partial charge < -0.3 is 90.6 Å². The number of carbonyl (C=O) groups excluding carboxylic acids is 4. The van der Waals surface area contributed by atoms with Gasteiger partial charge in [-0.1, -0.05) is 52.5 Å². The summed E-state index contributed by atoms with van der Waals surface area (Å²) >= 11 is 25.4. The van der Waals surface area contributed by atoms with Crippen LogP contribution in [-0.4, -0.2) is 214 Å². The van der Waals surface area contributed by atoms with E-state index in [1.54, 1.807) is 112 Å². The van der Waals surface area contributed by atoms with Gasteiger partial charge in [-0.05, 0) is 120 Å². The Morgan fingerprint density at radius 2 is 0.688 bits per heavy atom. The number of halogens is 4. The fourth-order valence-electron chi connectivity index (χ4n) is 16.3. The van der Waals surface area contributed by atoms with E-state index in [4.69, 9.17) is 107 Å². The van der Waals surface area contributed by atoms with Crippen molar-refractivity contribution < 1.29 is 57.1 Å². The first-order valence-corrected chi connectivity index (χ1v) is 41.8. The summed E-state index contributed by atoms with van der Waals surface area (Å²) in [6.45, 7) is 7.58. The average molecular weight is 1790 g/mol. The van der Waals surface area contributed by atoms with Crippen LogP contribution in [0.3, 0.4) is 0 Å². The van der Waals surface area contributed by atoms with E-state index in [0.717, 1.165) is 87.3 Å². The van der Waals surface area contributed by atoms with Gasteiger partial charge in [0, 0.05) is 105 Å². The first-order chi connectivity index (χ1) is 60.4. The number of fused-ring (bicyclic) bond motifs is 4. The van der Waals surface area contributed by atoms with Crippen molar-refractivity contribution >= 4 is 117 Å². The predicted molar refractivity (Wildman–Crippen MR) is 472 cm³/mol. The number of ether oxygens (including phenoxy) is 8. The Balaban J connectivity index is 0.000000143. The summed E-state index contributed by atoms with van der Waals surface area (Å²) in [5.74, 6) is 6.03. The first kappa shape index (κ1) is 90.5. The number of nitrogen functional groups attached to an aromatic ring is 4. The number of likely N-dealkylation sites (tertiary alicyclic amines) is 1. The molecular formula is C85H98Cl4N24O12. The molecule has 16 heterocycles. The lowest BCUT2D eigenvalue weighted by Gasteiger charge is -2.37. The van der Waals surface area contributed by atoms with Crippen LogP contribution in [0, 0.1) is 35.5 Å². The monoisotopic (exact) mass is 1790 g/mol. The van der Waals surface area contributed by atoms with E-state index >= 15 is 0 Å². The average Bonchev–Trinajstić information content (AvgIpc) is 0.778. The number of rotatable bonds is 24. The number of ketones is 4. The van der Waals surface area contributed by atoms with Gasteiger partial charge in [0.25, 0.3) is 0 Å². The lowest BCUT2D eigenvalue weighted by atomic mass is 9.82. The standard InChI is InChI=1S/C22H29ClN6O3.C21H27ClN6O3.2C21H21ClN6O3/c1-28-6-4-13(5-7-28)8-14-11-29(12-15-9-16(31-2)17(32-3)10-25-15)21-18(19(14)30)20(23)26-22(24)27-21;2*1-30-15-8-14(25-9-16(15)31-2)11-28-10-13(7-12-3-5-24-6-4-12)18(29)17-19(22)26-21(23)27-20(17)28;1-30-15-8-14(25-9-16(15)31-2)11-28-10-12(7-13-5-3-4-6-24-13)18(29)17-19(22)26-21(23)27-20(17)28/h9-10,13-14H,4-8,11-12H2,1-3H3,(H2,24,26,27);8-9,12-13,24H,3-7,10-11H2,1-2H3,(H2,23,26,27);3-6,8-9,13H,7,10-11H2,1-2H3,(H2,23,26,27);3-6,8-9,12H,7,10-11H2,1-2H3,(H2,23,26,27). The molecule has 0 saturated carbocycles. The molecule has 2 saturated heterocycles. The van der Waals surface area contributed by atoms with Crippen LogP contribution in [-0.2, 0) is 39.0 Å². The van der Waals surface area contributed by atoms with E-state index in [0.29, 0.717) is 169 Å². The number of piperidine rings is 2. The molecule has 6 aliphatic rings. The Kier molecular flexibility index (Phi) is 30.1. The topological polar surface area (TPSA) is 455 Å². The van der Waals surface area contributed by atoms with E-state index in [1.165, 1.54) is 0 Å². The summed E-state index contributed by atoms with van der Waals surface area (Å²) in [4.78, 5) is 123. The number of carbonyl (C=O) groups is 4. The van der Waals surface area contributed by atoms with Crippen LogP contribution < -0.4 is 85.7 Å². The summed E-state index contributed by atoms with van der Waals surface area (Å²) in [6.07, 6.45) is 18.5. The van der Waals surface area contributed by atoms with Crippen LogP contribution in [0.2, 0.25) is 20.6 Å². The zero-order valence-electron chi connectivity index (χ0n) is 70.6. The van der Waals surface area contributed by atoms with Gasteiger partial charge in [0.2, 0.25) is 23.8 Å². The first-order valence-electron chi connectivity index (χ1n) is 40.3. The number of nitrogens with zero attached hydrogens (tertiary/aromatic N) is 19. The van der Waals surface area contributed by atoms with Crippen molar-refractivity contribution in [2.75, 3.05) is 159 Å². The van der Waals surface area contributed by atoms with Gasteiger partial charge in [-0.15, -0.1) is 0 Å². The SMILES string of the molecule is COc1cnc(CN2CC(CC3CCN(C)CC3)C(=O)c3c(Cl)nc(N)nc32)cc1OC.COc1cnc(CN2CC(CC3CCNCC3)C(=O)c3c(Cl)nc(N)nc32)cc1OC.COc1cnc(CN2CC(Cc3ccccn3)C(=O)c3c(Cl)nc(N)nc32)cc1OC.COc1cnc(CN2CC(Cc3ccncc3)C(=O)c3c(Cl)nc(N)nc32)cc1OC. The molecule has 9 N–H and O–H groups in total. The van der Waals surface area contributed by atoms with Crippen molar-refractivity contribution in [2.24, 2.45) is 35.5 Å². The van der Waals surface area contributed by atoms with Gasteiger partial charge in [0.05, 0.1) is 153 Å². The molecule has 658 valence electrons. The molecule has 0 bridgehead atoms. The smallest absolute Gasteiger partial charge is 0.223 e. The molecule has 40 heteroatoms. The minimum Gasteiger partial charge on any atom is -0.493 e. The fourth-order valence-corrected chi connectivity index (χ4v) is 17.4. The second-order valence-corrected chi connectivity index (χ2v) is 32.1. The quantitative estimate of drug-likeness (QED) is 0.0351. The second-order valence-electron chi connectivity index (χ2n) is 30.7. The van der Waals surface area contributed by atoms with Gasteiger partial charge in [-0.25, -0.2) is 19.9 Å². The highest BCUT2D eigenvalue weighted by Crippen LogP contribution is 2.43. The van der Waals surface area contributed by atoms with Crippen LogP contribution in [0.15, 0.2) is 98.0 Å². The molecule has 10 aromatic rings. The van der Waals surface area contributed by atoms with E-state index in [1.807, 2.05) is 62.1 Å². The van der Waals surface area contributed by atoms with Gasteiger partial charge in [0.15, 0.2) is 69.1 Å². The van der Waals surface area contributed by atoms with Crippen molar-refractivity contribution in [1.29, 1.82) is 0 Å². The lowest BCUT2D eigenvalue weighted by Crippen LogP contribution is -2.42. The van der Waals surface area contributed by atoms with E-state index in [-0.39, 0.29) is 102 Å². The zero-order valence-corrected chi connectivity index (χ0v) is 73.6. The van der Waals surface area contributed by atoms with E-state index in [2.05, 4.69) is 87.0 Å². The van der Waals surface area contributed by atoms with Gasteiger partial charge in [0.1, 0.15) is 43.9 Å². The molecule has 6 aliphatic heterocycles. The molecule has 0 amide bonds. The largest absolute Gasteiger partial charge is 0.493 e. The molecule has 125 heavy (non-hydrogen) atoms. The minimum absolute atomic E-state index is 0.000415. The number of pyridine rings is 6. The van der Waals surface area contributed by atoms with Crippen molar-refractivity contribution in [3.05, 3.63) is 175 Å². The Hall–Kier alpha value is -12.2. The van der Waals surface area contributed by atoms with Crippen molar-refractivity contribution in [3.8, 4) is 46.0 Å². The number of hydrogen-bond donors (Lipinski definition) is 5. The van der Waals surface area contributed by atoms with Crippen molar-refractivity contribution in [2.45, 2.75) is 77.5 Å². The summed E-state index contributed by atoms with van der Waals surface area (Å²) in [7, 11) is 14.7. The Morgan fingerprint density at radius 1 is 0.376 bits per heavy atom. The predicted octanol–water partition coefficient (Wildman–Crippen LogP) is 10.2. The van der Waals surface area contributed by atoms with Crippen LogP contribution in [0.5, 0.6) is 46.0 Å². The number of methoxy groups -OCH3 is 8. The number of nitrogens with one attached hydrogen (secondary N) is 1. The molecule has 10 aromatic heterocycles. The van der Waals surface area contributed by atoms with Crippen LogP contribution in [0.25, 0.3) is 0 Å². The third-order valence-electron chi connectivity index (χ3n) is 22.6. The minimum atomic E-state index is -0.368. The summed E-state index contributed by atoms with van der Waals surface area (Å²) in [5.41, 5.74) is 29.4. The Bertz CT molecular complexity index is 5340. The molecule has 4 unspecified atom stereocenters. The van der Waals surface area contributed by atoms with Gasteiger partial charge in [-0.3, -0.25) is 49.1 Å². The molecule has 36 nitrogen and oxygen atoms in total. The molecule has 0 aromatic carbocycles. The molecular weight excluding hydrogens is 1690 g/mol. The van der Waals surface area contributed by atoms with Gasteiger partial charge in [-0.2, -0.15) is 19.9 Å². The fraction of sp³-hybridized carbons (Fsp3) is 0.412. The van der Waals surface area contributed by atoms with E-state index in [9.17, 15) is 19.2 Å². The van der Waals surface area contributed by atoms with Crippen molar-refractivity contribution in [1.82, 2.24) is 80.0 Å². The van der Waals surface area contributed by atoms with Gasteiger partial charge >= 0.3 is 0 Å². The second kappa shape index (κ2) is 41.5. The third kappa shape index (κ3) is 21.6. The number of Topliss-reactive ketones (excluding diaryl/α,β-unsaturated/α-hetero) is 4. The highest BCUT2D eigenvalue weighted by atomic mass is 35.5. The third-order valence-corrected chi connectivity index (χ3v) is 23.6. The molecule has 4 atom stereocenters. The Morgan fingerprint density at radius 3 is 1.01 bits per heavy atom. The number of aromatic nitrogens is 14. The zero-order chi connectivity index (χ0) is 88.7. The van der Waals surface area contributed by atoms with Crippen LogP contribution in [0.4, 0.5) is 47.1 Å². The molecule has 0 aliphatic carbocycles. The Labute approximate surface area is 742 Å². The maximum absolute atomic E-state index is 13.4. The molecule has 2 fully saturated rings.